The molecule has 1 N–H and O–H groups in total. The summed E-state index contributed by atoms with van der Waals surface area (Å²) in [5, 5.41) is 2.92. The largest absolute Gasteiger partial charge is 0.465 e. The number of hydrogen-bond acceptors (Lipinski definition) is 3. The highest BCUT2D eigenvalue weighted by molar-refractivity contribution is 5.76. The van der Waals surface area contributed by atoms with E-state index < -0.39 is 0 Å². The molecule has 0 aliphatic carbocycles. The van der Waals surface area contributed by atoms with Crippen molar-refractivity contribution in [3.05, 3.63) is 35.4 Å². The van der Waals surface area contributed by atoms with Gasteiger partial charge < -0.3 is 10.1 Å². The molecule has 1 rings (SSSR count). The van der Waals surface area contributed by atoms with Crippen LogP contribution in [0, 0.1) is 18.3 Å². The minimum atomic E-state index is -0.204. The summed E-state index contributed by atoms with van der Waals surface area (Å²) in [5.74, 6) is -0.215. The zero-order chi connectivity index (χ0) is 17.5. The van der Waals surface area contributed by atoms with Gasteiger partial charge in [0.05, 0.1) is 13.0 Å². The molecule has 0 unspecified atom stereocenters. The molecule has 1 aromatic carbocycles. The highest BCUT2D eigenvalue weighted by Crippen LogP contribution is 2.19. The smallest absolute Gasteiger partial charge is 0.306 e. The number of ether oxygens (including phenoxy) is 1. The number of nitrogens with one attached hydrogen (secondary N) is 1. The van der Waals surface area contributed by atoms with Gasteiger partial charge in [-0.2, -0.15) is 0 Å². The molecule has 4 heteroatoms. The van der Waals surface area contributed by atoms with Crippen LogP contribution < -0.4 is 5.32 Å². The van der Waals surface area contributed by atoms with Crippen molar-refractivity contribution in [3.8, 4) is 0 Å². The topological polar surface area (TPSA) is 55.4 Å². The average Bonchev–Trinajstić information content (AvgIpc) is 2.42. The van der Waals surface area contributed by atoms with E-state index in [0.29, 0.717) is 19.4 Å². The number of hydrogen-bond donors (Lipinski definition) is 1. The second kappa shape index (κ2) is 8.70. The van der Waals surface area contributed by atoms with Crippen molar-refractivity contribution >= 4 is 11.9 Å². The zero-order valence-electron chi connectivity index (χ0n) is 14.9. The van der Waals surface area contributed by atoms with Crippen LogP contribution in [0.4, 0.5) is 0 Å². The van der Waals surface area contributed by atoms with E-state index >= 15 is 0 Å². The van der Waals surface area contributed by atoms with Gasteiger partial charge in [-0.1, -0.05) is 52.0 Å². The molecule has 0 heterocycles. The maximum atomic E-state index is 12.0. The monoisotopic (exact) mass is 319 g/mol. The van der Waals surface area contributed by atoms with E-state index in [1.54, 1.807) is 0 Å². The Balaban J connectivity index is 2.28. The molecule has 0 aromatic heterocycles. The lowest BCUT2D eigenvalue weighted by molar-refractivity contribution is -0.147. The van der Waals surface area contributed by atoms with Crippen LogP contribution in [-0.4, -0.2) is 18.5 Å². The minimum absolute atomic E-state index is 0.00999. The molecule has 0 aliphatic heterocycles. The summed E-state index contributed by atoms with van der Waals surface area (Å²) in [6, 6.07) is 7.98. The summed E-state index contributed by atoms with van der Waals surface area (Å²) < 4.78 is 5.24. The molecule has 1 aromatic rings. The van der Waals surface area contributed by atoms with Crippen molar-refractivity contribution in [1.29, 1.82) is 0 Å². The first-order chi connectivity index (χ1) is 10.7. The Labute approximate surface area is 139 Å². The quantitative estimate of drug-likeness (QED) is 0.781. The van der Waals surface area contributed by atoms with Gasteiger partial charge in [-0.25, -0.2) is 0 Å². The molecule has 0 spiro atoms. The summed E-state index contributed by atoms with van der Waals surface area (Å²) in [6.45, 7) is 10.7. The molecule has 1 amide bonds. The summed E-state index contributed by atoms with van der Waals surface area (Å²) in [5.41, 5.74) is 2.20. The van der Waals surface area contributed by atoms with Crippen molar-refractivity contribution in [2.45, 2.75) is 54.0 Å². The summed E-state index contributed by atoms with van der Waals surface area (Å²) in [6.07, 6.45) is 0.744. The summed E-state index contributed by atoms with van der Waals surface area (Å²) >= 11 is 0. The minimum Gasteiger partial charge on any atom is -0.465 e. The van der Waals surface area contributed by atoms with E-state index in [1.165, 1.54) is 0 Å². The lowest BCUT2D eigenvalue weighted by Crippen LogP contribution is -2.26. The fraction of sp³-hybridized carbons (Fsp3) is 0.579. The van der Waals surface area contributed by atoms with Gasteiger partial charge in [0.2, 0.25) is 5.91 Å². The third kappa shape index (κ3) is 8.38. The Morgan fingerprint density at radius 3 is 2.48 bits per heavy atom. The number of carbonyl (C=O) groups is 2. The number of aryl methyl sites for hydroxylation is 1. The molecule has 128 valence electrons. The highest BCUT2D eigenvalue weighted by atomic mass is 16.5. The van der Waals surface area contributed by atoms with Crippen LogP contribution in [0.1, 0.15) is 51.7 Å². The lowest BCUT2D eigenvalue weighted by Gasteiger charge is -2.18. The number of esters is 1. The molecule has 23 heavy (non-hydrogen) atoms. The number of amides is 1. The first kappa shape index (κ1) is 19.2. The van der Waals surface area contributed by atoms with Crippen LogP contribution in [0.5, 0.6) is 0 Å². The van der Waals surface area contributed by atoms with Crippen LogP contribution in [-0.2, 0) is 20.9 Å². The van der Waals surface area contributed by atoms with Crippen molar-refractivity contribution in [2.75, 3.05) is 6.61 Å². The standard InChI is InChI=1S/C19H29NO3/c1-14(13-23-18(22)11-19(3,4)5)10-17(21)20-12-16-9-7-6-8-15(16)2/h6-9,14H,10-13H2,1-5H3,(H,20,21)/t14-/m1/s1. The van der Waals surface area contributed by atoms with Gasteiger partial charge in [-0.05, 0) is 29.4 Å². The normalized spacial score (nSPS) is 12.6. The molecule has 0 aliphatic rings. The van der Waals surface area contributed by atoms with Gasteiger partial charge in [0.15, 0.2) is 0 Å². The number of benzene rings is 1. The van der Waals surface area contributed by atoms with Crippen LogP contribution in [0.25, 0.3) is 0 Å². The fourth-order valence-electron chi connectivity index (χ4n) is 2.17. The van der Waals surface area contributed by atoms with E-state index in [1.807, 2.05) is 58.9 Å². The van der Waals surface area contributed by atoms with Crippen molar-refractivity contribution in [1.82, 2.24) is 5.32 Å². The Morgan fingerprint density at radius 2 is 1.87 bits per heavy atom. The van der Waals surface area contributed by atoms with E-state index in [-0.39, 0.29) is 29.8 Å². The van der Waals surface area contributed by atoms with E-state index in [9.17, 15) is 9.59 Å². The molecule has 0 bridgehead atoms. The van der Waals surface area contributed by atoms with Gasteiger partial charge in [-0.3, -0.25) is 9.59 Å². The van der Waals surface area contributed by atoms with Crippen molar-refractivity contribution in [2.24, 2.45) is 11.3 Å². The van der Waals surface area contributed by atoms with Crippen molar-refractivity contribution in [3.63, 3.8) is 0 Å². The van der Waals surface area contributed by atoms with E-state index in [4.69, 9.17) is 4.74 Å². The predicted octanol–water partition coefficient (Wildman–Crippen LogP) is 3.62. The van der Waals surface area contributed by atoms with Crippen LogP contribution in [0.2, 0.25) is 0 Å². The molecule has 0 radical (unpaired) electrons. The van der Waals surface area contributed by atoms with Gasteiger partial charge in [0, 0.05) is 13.0 Å². The molecule has 0 fully saturated rings. The third-order valence-electron chi connectivity index (χ3n) is 3.47. The Morgan fingerprint density at radius 1 is 1.22 bits per heavy atom. The average molecular weight is 319 g/mol. The van der Waals surface area contributed by atoms with Gasteiger partial charge >= 0.3 is 5.97 Å². The first-order valence-electron chi connectivity index (χ1n) is 8.14. The molecule has 0 saturated carbocycles. The molecule has 4 nitrogen and oxygen atoms in total. The lowest BCUT2D eigenvalue weighted by atomic mass is 9.92. The maximum absolute atomic E-state index is 12.0. The Hall–Kier alpha value is -1.84. The molecule has 1 atom stereocenters. The van der Waals surface area contributed by atoms with Crippen molar-refractivity contribution < 1.29 is 14.3 Å². The number of rotatable bonds is 7. The Kier molecular flexibility index (Phi) is 7.27. The second-order valence-corrected chi connectivity index (χ2v) is 7.43. The van der Waals surface area contributed by atoms with Crippen LogP contribution in [0.3, 0.4) is 0 Å². The molecule has 0 saturated heterocycles. The van der Waals surface area contributed by atoms with E-state index in [2.05, 4.69) is 5.32 Å². The van der Waals surface area contributed by atoms with Gasteiger partial charge in [-0.15, -0.1) is 0 Å². The fourth-order valence-corrected chi connectivity index (χ4v) is 2.17. The van der Waals surface area contributed by atoms with E-state index in [0.717, 1.165) is 11.1 Å². The van der Waals surface area contributed by atoms with Crippen LogP contribution >= 0.6 is 0 Å². The first-order valence-corrected chi connectivity index (χ1v) is 8.14. The summed E-state index contributed by atoms with van der Waals surface area (Å²) in [4.78, 5) is 23.6. The highest BCUT2D eigenvalue weighted by Gasteiger charge is 2.18. The SMILES string of the molecule is Cc1ccccc1CNC(=O)C[C@@H](C)COC(=O)CC(C)(C)C. The molecular formula is C19H29NO3. The molecular weight excluding hydrogens is 290 g/mol. The van der Waals surface area contributed by atoms with Gasteiger partial charge in [0.1, 0.15) is 0 Å². The zero-order valence-corrected chi connectivity index (χ0v) is 14.9. The Bertz CT molecular complexity index is 532. The second-order valence-electron chi connectivity index (χ2n) is 7.43. The van der Waals surface area contributed by atoms with Gasteiger partial charge in [0.25, 0.3) is 0 Å². The third-order valence-corrected chi connectivity index (χ3v) is 3.47. The summed E-state index contributed by atoms with van der Waals surface area (Å²) in [7, 11) is 0. The number of carbonyl (C=O) groups excluding carboxylic acids is 2. The maximum Gasteiger partial charge on any atom is 0.306 e. The predicted molar refractivity (Wildman–Crippen MR) is 91.8 cm³/mol. The van der Waals surface area contributed by atoms with Crippen LogP contribution in [0.15, 0.2) is 24.3 Å².